The minimum atomic E-state index is -0.167. The van der Waals surface area contributed by atoms with E-state index in [0.29, 0.717) is 24.2 Å². The topological polar surface area (TPSA) is 74.3 Å². The SMILES string of the molecule is CCNC(=O)Cc1ccc(NC(=O)c2cccnc2N2CCCCC2)cc1. The van der Waals surface area contributed by atoms with Crippen LogP contribution in [0.5, 0.6) is 0 Å². The van der Waals surface area contributed by atoms with Gasteiger partial charge in [0.1, 0.15) is 5.82 Å². The van der Waals surface area contributed by atoms with Crippen molar-refractivity contribution in [1.29, 1.82) is 0 Å². The molecule has 0 aliphatic carbocycles. The third-order valence-electron chi connectivity index (χ3n) is 4.64. The number of nitrogens with one attached hydrogen (secondary N) is 2. The summed E-state index contributed by atoms with van der Waals surface area (Å²) in [6.07, 6.45) is 5.56. The Bertz CT molecular complexity index is 783. The Labute approximate surface area is 160 Å². The van der Waals surface area contributed by atoms with Gasteiger partial charge in [-0.05, 0) is 56.0 Å². The van der Waals surface area contributed by atoms with E-state index in [9.17, 15) is 9.59 Å². The third-order valence-corrected chi connectivity index (χ3v) is 4.64. The molecular formula is C21H26N4O2. The highest BCUT2D eigenvalue weighted by atomic mass is 16.2. The van der Waals surface area contributed by atoms with Gasteiger partial charge in [0.25, 0.3) is 5.91 Å². The molecule has 0 unspecified atom stereocenters. The van der Waals surface area contributed by atoms with E-state index >= 15 is 0 Å². The van der Waals surface area contributed by atoms with Crippen molar-refractivity contribution in [2.45, 2.75) is 32.6 Å². The van der Waals surface area contributed by atoms with Crippen molar-refractivity contribution in [1.82, 2.24) is 10.3 Å². The molecule has 1 aromatic carbocycles. The summed E-state index contributed by atoms with van der Waals surface area (Å²) in [7, 11) is 0. The number of anilines is 2. The molecule has 2 aromatic rings. The molecule has 142 valence electrons. The Kier molecular flexibility index (Phi) is 6.41. The van der Waals surface area contributed by atoms with Crippen molar-refractivity contribution in [3.63, 3.8) is 0 Å². The van der Waals surface area contributed by atoms with Gasteiger partial charge in [-0.2, -0.15) is 0 Å². The lowest BCUT2D eigenvalue weighted by Crippen LogP contribution is -2.32. The third kappa shape index (κ3) is 5.06. The quantitative estimate of drug-likeness (QED) is 0.824. The molecule has 1 aliphatic heterocycles. The monoisotopic (exact) mass is 366 g/mol. The number of aromatic nitrogens is 1. The maximum atomic E-state index is 12.8. The molecule has 1 aliphatic rings. The first kappa shape index (κ1) is 18.9. The van der Waals surface area contributed by atoms with E-state index in [2.05, 4.69) is 20.5 Å². The Balaban J connectivity index is 1.68. The zero-order valence-corrected chi connectivity index (χ0v) is 15.7. The van der Waals surface area contributed by atoms with Crippen LogP contribution in [0, 0.1) is 0 Å². The van der Waals surface area contributed by atoms with Gasteiger partial charge in [0.2, 0.25) is 5.91 Å². The number of pyridine rings is 1. The second-order valence-electron chi connectivity index (χ2n) is 6.70. The number of amides is 2. The number of carbonyl (C=O) groups excluding carboxylic acids is 2. The first-order chi connectivity index (χ1) is 13.2. The van der Waals surface area contributed by atoms with Crippen LogP contribution in [0.15, 0.2) is 42.6 Å². The van der Waals surface area contributed by atoms with Crippen molar-refractivity contribution in [2.75, 3.05) is 29.9 Å². The standard InChI is InChI=1S/C21H26N4O2/c1-2-22-19(26)15-16-8-10-17(11-9-16)24-21(27)18-7-6-12-23-20(18)25-13-4-3-5-14-25/h6-12H,2-5,13-15H2,1H3,(H,22,26)(H,24,27). The molecule has 0 atom stereocenters. The molecule has 1 saturated heterocycles. The van der Waals surface area contributed by atoms with E-state index in [-0.39, 0.29) is 11.8 Å². The first-order valence-electron chi connectivity index (χ1n) is 9.54. The van der Waals surface area contributed by atoms with Crippen LogP contribution in [0.4, 0.5) is 11.5 Å². The van der Waals surface area contributed by atoms with E-state index in [0.717, 1.165) is 37.3 Å². The predicted octanol–water partition coefficient (Wildman–Crippen LogP) is 3.00. The molecule has 2 N–H and O–H groups in total. The summed E-state index contributed by atoms with van der Waals surface area (Å²) in [6, 6.07) is 11.0. The number of hydrogen-bond acceptors (Lipinski definition) is 4. The summed E-state index contributed by atoms with van der Waals surface area (Å²) in [5, 5.41) is 5.72. The molecule has 6 nitrogen and oxygen atoms in total. The Hall–Kier alpha value is -2.89. The molecule has 1 fully saturated rings. The van der Waals surface area contributed by atoms with Gasteiger partial charge < -0.3 is 15.5 Å². The lowest BCUT2D eigenvalue weighted by molar-refractivity contribution is -0.120. The van der Waals surface area contributed by atoms with Gasteiger partial charge in [-0.15, -0.1) is 0 Å². The molecule has 1 aromatic heterocycles. The van der Waals surface area contributed by atoms with E-state index in [1.165, 1.54) is 6.42 Å². The van der Waals surface area contributed by atoms with Crippen LogP contribution >= 0.6 is 0 Å². The maximum absolute atomic E-state index is 12.8. The zero-order valence-electron chi connectivity index (χ0n) is 15.7. The lowest BCUT2D eigenvalue weighted by Gasteiger charge is -2.29. The first-order valence-corrected chi connectivity index (χ1v) is 9.54. The smallest absolute Gasteiger partial charge is 0.259 e. The molecule has 0 radical (unpaired) electrons. The van der Waals surface area contributed by atoms with Gasteiger partial charge in [-0.3, -0.25) is 9.59 Å². The van der Waals surface area contributed by atoms with Crippen LogP contribution < -0.4 is 15.5 Å². The predicted molar refractivity (Wildman–Crippen MR) is 107 cm³/mol. The Morgan fingerprint density at radius 1 is 1.07 bits per heavy atom. The molecule has 0 spiro atoms. The van der Waals surface area contributed by atoms with E-state index in [4.69, 9.17) is 0 Å². The van der Waals surface area contributed by atoms with Gasteiger partial charge in [0.05, 0.1) is 12.0 Å². The fourth-order valence-corrected chi connectivity index (χ4v) is 3.28. The second-order valence-corrected chi connectivity index (χ2v) is 6.70. The van der Waals surface area contributed by atoms with Gasteiger partial charge >= 0.3 is 0 Å². The molecular weight excluding hydrogens is 340 g/mol. The molecule has 27 heavy (non-hydrogen) atoms. The molecule has 2 amide bonds. The van der Waals surface area contributed by atoms with Crippen molar-refractivity contribution in [2.24, 2.45) is 0 Å². The fourth-order valence-electron chi connectivity index (χ4n) is 3.28. The number of likely N-dealkylation sites (N-methyl/N-ethyl adjacent to an activating group) is 1. The van der Waals surface area contributed by atoms with Crippen LogP contribution in [0.2, 0.25) is 0 Å². The van der Waals surface area contributed by atoms with Gasteiger partial charge in [-0.1, -0.05) is 12.1 Å². The number of rotatable bonds is 6. The maximum Gasteiger partial charge on any atom is 0.259 e. The second kappa shape index (κ2) is 9.16. The van der Waals surface area contributed by atoms with E-state index < -0.39 is 0 Å². The lowest BCUT2D eigenvalue weighted by atomic mass is 10.1. The van der Waals surface area contributed by atoms with Gasteiger partial charge in [0, 0.05) is 31.5 Å². The molecule has 0 saturated carbocycles. The summed E-state index contributed by atoms with van der Waals surface area (Å²) >= 11 is 0. The number of piperidine rings is 1. The van der Waals surface area contributed by atoms with Crippen molar-refractivity contribution < 1.29 is 9.59 Å². The van der Waals surface area contributed by atoms with Gasteiger partial charge in [0.15, 0.2) is 0 Å². The van der Waals surface area contributed by atoms with Gasteiger partial charge in [-0.25, -0.2) is 4.98 Å². The number of carbonyl (C=O) groups is 2. The highest BCUT2D eigenvalue weighted by Crippen LogP contribution is 2.22. The van der Waals surface area contributed by atoms with Crippen LogP contribution in [0.1, 0.15) is 42.1 Å². The highest BCUT2D eigenvalue weighted by molar-refractivity contribution is 6.07. The number of hydrogen-bond donors (Lipinski definition) is 2. The van der Waals surface area contributed by atoms with E-state index in [1.807, 2.05) is 37.3 Å². The average Bonchev–Trinajstić information content (AvgIpc) is 2.70. The summed E-state index contributed by atoms with van der Waals surface area (Å²) in [5.74, 6) is 0.582. The van der Waals surface area contributed by atoms with Crippen LogP contribution in [-0.4, -0.2) is 36.4 Å². The Morgan fingerprint density at radius 2 is 1.81 bits per heavy atom. The van der Waals surface area contributed by atoms with E-state index in [1.54, 1.807) is 12.3 Å². The fraction of sp³-hybridized carbons (Fsp3) is 0.381. The minimum absolute atomic E-state index is 0.00387. The number of nitrogens with zero attached hydrogens (tertiary/aromatic N) is 2. The molecule has 2 heterocycles. The molecule has 0 bridgehead atoms. The normalized spacial score (nSPS) is 13.9. The van der Waals surface area contributed by atoms with Crippen molar-refractivity contribution in [3.05, 3.63) is 53.7 Å². The number of benzene rings is 1. The van der Waals surface area contributed by atoms with Crippen LogP contribution in [0.25, 0.3) is 0 Å². The summed E-state index contributed by atoms with van der Waals surface area (Å²) in [5.41, 5.74) is 2.20. The highest BCUT2D eigenvalue weighted by Gasteiger charge is 2.19. The van der Waals surface area contributed by atoms with Crippen molar-refractivity contribution >= 4 is 23.3 Å². The van der Waals surface area contributed by atoms with Crippen LogP contribution in [0.3, 0.4) is 0 Å². The summed E-state index contributed by atoms with van der Waals surface area (Å²) in [4.78, 5) is 31.1. The average molecular weight is 366 g/mol. The molecule has 3 rings (SSSR count). The zero-order chi connectivity index (χ0) is 19.1. The Morgan fingerprint density at radius 3 is 2.52 bits per heavy atom. The van der Waals surface area contributed by atoms with Crippen molar-refractivity contribution in [3.8, 4) is 0 Å². The summed E-state index contributed by atoms with van der Waals surface area (Å²) < 4.78 is 0. The summed E-state index contributed by atoms with van der Waals surface area (Å²) in [6.45, 7) is 4.39. The largest absolute Gasteiger partial charge is 0.356 e. The minimum Gasteiger partial charge on any atom is -0.356 e. The van der Waals surface area contributed by atoms with Crippen LogP contribution in [-0.2, 0) is 11.2 Å². The molecule has 6 heteroatoms.